The van der Waals surface area contributed by atoms with Gasteiger partial charge in [0.25, 0.3) is 0 Å². The Balaban J connectivity index is 2.13. The van der Waals surface area contributed by atoms with Gasteiger partial charge in [0.05, 0.1) is 6.61 Å². The Morgan fingerprint density at radius 2 is 1.85 bits per heavy atom. The van der Waals surface area contributed by atoms with E-state index in [0.29, 0.717) is 0 Å². The summed E-state index contributed by atoms with van der Waals surface area (Å²) in [5.74, 6) is 0. The molecule has 0 aromatic heterocycles. The number of aliphatic hydroxyl groups is 2. The molecular formula is C16H16BrNO2. The number of hydrogen-bond acceptors (Lipinski definition) is 3. The van der Waals surface area contributed by atoms with Gasteiger partial charge >= 0.3 is 0 Å². The lowest BCUT2D eigenvalue weighted by molar-refractivity contribution is 0.111. The van der Waals surface area contributed by atoms with Gasteiger partial charge in [0.1, 0.15) is 12.1 Å². The third-order valence-electron chi connectivity index (χ3n) is 2.96. The fourth-order valence-electron chi connectivity index (χ4n) is 1.87. The second-order valence-electron chi connectivity index (χ2n) is 4.44. The number of aliphatic imine (C=N–C) groups is 1. The molecule has 0 bridgehead atoms. The van der Waals surface area contributed by atoms with Gasteiger partial charge in [-0.2, -0.15) is 0 Å². The average Bonchev–Trinajstić information content (AvgIpc) is 2.48. The van der Waals surface area contributed by atoms with Gasteiger partial charge in [0.15, 0.2) is 0 Å². The molecule has 0 aliphatic rings. The second-order valence-corrected chi connectivity index (χ2v) is 5.35. The summed E-state index contributed by atoms with van der Waals surface area (Å²) < 4.78 is 0.964. The molecule has 20 heavy (non-hydrogen) atoms. The van der Waals surface area contributed by atoms with Crippen molar-refractivity contribution in [1.29, 1.82) is 0 Å². The van der Waals surface area contributed by atoms with Gasteiger partial charge in [-0.1, -0.05) is 58.4 Å². The predicted molar refractivity (Wildman–Crippen MR) is 84.0 cm³/mol. The van der Waals surface area contributed by atoms with Crippen molar-refractivity contribution in [3.8, 4) is 0 Å². The first-order valence-electron chi connectivity index (χ1n) is 6.33. The third kappa shape index (κ3) is 4.00. The van der Waals surface area contributed by atoms with Crippen LogP contribution in [-0.2, 0) is 0 Å². The van der Waals surface area contributed by atoms with Crippen LogP contribution < -0.4 is 0 Å². The standard InChI is InChI=1S/C16H16BrNO2/c17-14-8-4-5-12(9-14)10-18-15(11-19)16(20)13-6-2-1-3-7-13/h1-10,15-16,19-20H,11H2/t15-,16?/m0/s1. The van der Waals surface area contributed by atoms with Gasteiger partial charge in [0.2, 0.25) is 0 Å². The van der Waals surface area contributed by atoms with E-state index in [1.165, 1.54) is 0 Å². The first-order chi connectivity index (χ1) is 9.70. The number of halogens is 1. The van der Waals surface area contributed by atoms with Crippen LogP contribution >= 0.6 is 15.9 Å². The second kappa shape index (κ2) is 7.33. The summed E-state index contributed by atoms with van der Waals surface area (Å²) in [6, 6.07) is 16.3. The number of hydrogen-bond donors (Lipinski definition) is 2. The summed E-state index contributed by atoms with van der Waals surface area (Å²) in [4.78, 5) is 4.28. The van der Waals surface area contributed by atoms with Crippen molar-refractivity contribution < 1.29 is 10.2 Å². The topological polar surface area (TPSA) is 52.8 Å². The fourth-order valence-corrected chi connectivity index (χ4v) is 2.29. The summed E-state index contributed by atoms with van der Waals surface area (Å²) in [6.07, 6.45) is 0.849. The molecule has 0 amide bonds. The highest BCUT2D eigenvalue weighted by Gasteiger charge is 2.18. The highest BCUT2D eigenvalue weighted by molar-refractivity contribution is 9.10. The molecule has 2 rings (SSSR count). The molecule has 0 aliphatic heterocycles. The fraction of sp³-hybridized carbons (Fsp3) is 0.188. The number of aliphatic hydroxyl groups excluding tert-OH is 2. The summed E-state index contributed by atoms with van der Waals surface area (Å²) >= 11 is 3.39. The van der Waals surface area contributed by atoms with Crippen LogP contribution in [0.1, 0.15) is 17.2 Å². The van der Waals surface area contributed by atoms with Crippen molar-refractivity contribution in [2.75, 3.05) is 6.61 Å². The minimum absolute atomic E-state index is 0.208. The van der Waals surface area contributed by atoms with Gasteiger partial charge in [-0.15, -0.1) is 0 Å². The molecule has 0 fully saturated rings. The highest BCUT2D eigenvalue weighted by atomic mass is 79.9. The smallest absolute Gasteiger partial charge is 0.104 e. The Labute approximate surface area is 126 Å². The summed E-state index contributed by atoms with van der Waals surface area (Å²) in [7, 11) is 0. The molecule has 0 spiro atoms. The zero-order chi connectivity index (χ0) is 14.4. The molecule has 0 aliphatic carbocycles. The van der Waals surface area contributed by atoms with Crippen molar-refractivity contribution in [3.05, 3.63) is 70.2 Å². The molecule has 0 saturated heterocycles. The van der Waals surface area contributed by atoms with E-state index in [0.717, 1.165) is 15.6 Å². The van der Waals surface area contributed by atoms with E-state index in [9.17, 15) is 10.2 Å². The molecule has 3 nitrogen and oxygen atoms in total. The monoisotopic (exact) mass is 333 g/mol. The van der Waals surface area contributed by atoms with E-state index in [-0.39, 0.29) is 6.61 Å². The molecule has 2 N–H and O–H groups in total. The molecule has 4 heteroatoms. The molecular weight excluding hydrogens is 318 g/mol. The molecule has 2 atom stereocenters. The number of nitrogens with zero attached hydrogens (tertiary/aromatic N) is 1. The van der Waals surface area contributed by atoms with E-state index in [4.69, 9.17) is 0 Å². The molecule has 0 saturated carbocycles. The van der Waals surface area contributed by atoms with Crippen molar-refractivity contribution >= 4 is 22.1 Å². The maximum Gasteiger partial charge on any atom is 0.104 e. The van der Waals surface area contributed by atoms with Gasteiger partial charge in [-0.3, -0.25) is 4.99 Å². The van der Waals surface area contributed by atoms with Crippen LogP contribution in [-0.4, -0.2) is 29.1 Å². The van der Waals surface area contributed by atoms with Gasteiger partial charge in [-0.25, -0.2) is 0 Å². The zero-order valence-corrected chi connectivity index (χ0v) is 12.4. The molecule has 2 aromatic carbocycles. The Kier molecular flexibility index (Phi) is 5.47. The lowest BCUT2D eigenvalue weighted by Crippen LogP contribution is -2.20. The van der Waals surface area contributed by atoms with Gasteiger partial charge in [0, 0.05) is 10.7 Å². The van der Waals surface area contributed by atoms with Crippen molar-refractivity contribution in [2.24, 2.45) is 4.99 Å². The number of benzene rings is 2. The van der Waals surface area contributed by atoms with Crippen molar-refractivity contribution in [2.45, 2.75) is 12.1 Å². The normalized spacial score (nSPS) is 14.3. The van der Waals surface area contributed by atoms with Crippen LogP contribution in [0.15, 0.2) is 64.1 Å². The van der Waals surface area contributed by atoms with E-state index in [1.807, 2.05) is 54.6 Å². The summed E-state index contributed by atoms with van der Waals surface area (Å²) in [6.45, 7) is -0.208. The van der Waals surface area contributed by atoms with Gasteiger partial charge < -0.3 is 10.2 Å². The molecule has 2 aromatic rings. The third-order valence-corrected chi connectivity index (χ3v) is 3.45. The van der Waals surface area contributed by atoms with Crippen LogP contribution in [0.5, 0.6) is 0 Å². The maximum atomic E-state index is 10.2. The largest absolute Gasteiger partial charge is 0.394 e. The highest BCUT2D eigenvalue weighted by Crippen LogP contribution is 2.19. The predicted octanol–water partition coefficient (Wildman–Crippen LogP) is 2.96. The molecule has 0 heterocycles. The van der Waals surface area contributed by atoms with E-state index in [2.05, 4.69) is 20.9 Å². The Bertz CT molecular complexity index is 572. The summed E-state index contributed by atoms with van der Waals surface area (Å²) in [5, 5.41) is 19.6. The average molecular weight is 334 g/mol. The van der Waals surface area contributed by atoms with Gasteiger partial charge in [-0.05, 0) is 23.3 Å². The Morgan fingerprint density at radius 1 is 1.10 bits per heavy atom. The van der Waals surface area contributed by atoms with Crippen LogP contribution in [0.3, 0.4) is 0 Å². The SMILES string of the molecule is OC[C@H](N=Cc1cccc(Br)c1)C(O)c1ccccc1. The van der Waals surface area contributed by atoms with Crippen molar-refractivity contribution in [1.82, 2.24) is 0 Å². The van der Waals surface area contributed by atoms with Crippen LogP contribution in [0.2, 0.25) is 0 Å². The minimum atomic E-state index is -0.815. The molecule has 104 valence electrons. The lowest BCUT2D eigenvalue weighted by atomic mass is 10.0. The first kappa shape index (κ1) is 14.9. The zero-order valence-electron chi connectivity index (χ0n) is 10.9. The van der Waals surface area contributed by atoms with E-state index >= 15 is 0 Å². The molecule has 0 radical (unpaired) electrons. The Hall–Kier alpha value is -1.49. The van der Waals surface area contributed by atoms with Crippen molar-refractivity contribution in [3.63, 3.8) is 0 Å². The van der Waals surface area contributed by atoms with Crippen LogP contribution in [0.25, 0.3) is 0 Å². The summed E-state index contributed by atoms with van der Waals surface area (Å²) in [5.41, 5.74) is 1.66. The Morgan fingerprint density at radius 3 is 2.50 bits per heavy atom. The minimum Gasteiger partial charge on any atom is -0.394 e. The number of rotatable bonds is 5. The quantitative estimate of drug-likeness (QED) is 0.826. The molecule has 1 unspecified atom stereocenters. The lowest BCUT2D eigenvalue weighted by Gasteiger charge is -2.17. The van der Waals surface area contributed by atoms with Crippen LogP contribution in [0.4, 0.5) is 0 Å². The first-order valence-corrected chi connectivity index (χ1v) is 7.12. The van der Waals surface area contributed by atoms with E-state index < -0.39 is 12.1 Å². The van der Waals surface area contributed by atoms with Crippen LogP contribution in [0, 0.1) is 0 Å². The van der Waals surface area contributed by atoms with E-state index in [1.54, 1.807) is 6.21 Å². The maximum absolute atomic E-state index is 10.2.